The lowest BCUT2D eigenvalue weighted by atomic mass is 9.78. The van der Waals surface area contributed by atoms with Gasteiger partial charge in [0.05, 0.1) is 17.1 Å². The van der Waals surface area contributed by atoms with Gasteiger partial charge in [-0.2, -0.15) is 0 Å². The molecule has 0 saturated carbocycles. The number of aliphatic imine (C=N–C) groups is 1. The van der Waals surface area contributed by atoms with Crippen LogP contribution >= 0.6 is 11.6 Å². The lowest BCUT2D eigenvalue weighted by Crippen LogP contribution is -2.48. The van der Waals surface area contributed by atoms with Crippen LogP contribution in [0.15, 0.2) is 64.6 Å². The molecule has 0 radical (unpaired) electrons. The number of aromatic nitrogens is 1. The molecule has 0 spiro atoms. The molecule has 1 unspecified atom stereocenters. The Morgan fingerprint density at radius 3 is 2.47 bits per heavy atom. The number of hydrogen-bond donors (Lipinski definition) is 3. The normalized spacial score (nSPS) is 17.3. The first-order valence-corrected chi connectivity index (χ1v) is 13.0. The fourth-order valence-corrected chi connectivity index (χ4v) is 4.65. The monoisotopic (exact) mass is 533 g/mol. The van der Waals surface area contributed by atoms with Gasteiger partial charge in [0.1, 0.15) is 11.0 Å². The number of carbonyl (C=O) groups is 2. The van der Waals surface area contributed by atoms with Gasteiger partial charge >= 0.3 is 6.09 Å². The molecule has 0 aliphatic carbocycles. The Kier molecular flexibility index (Phi) is 8.36. The number of alkyl carbamates (subject to hydrolysis) is 1. The Morgan fingerprint density at radius 1 is 1.14 bits per heavy atom. The number of nitrogens with zero attached hydrogens (tertiary/aromatic N) is 2. The molecule has 10 nitrogen and oxygen atoms in total. The number of allylic oxidation sites excluding steroid dienone is 1. The van der Waals surface area contributed by atoms with Gasteiger partial charge in [-0.1, -0.05) is 35.9 Å². The van der Waals surface area contributed by atoms with Crippen molar-refractivity contribution in [2.24, 2.45) is 4.99 Å². The number of hydrogen-bond acceptors (Lipinski definition) is 7. The van der Waals surface area contributed by atoms with Gasteiger partial charge in [0.25, 0.3) is 10.0 Å². The Morgan fingerprint density at radius 2 is 1.83 bits per heavy atom. The first kappa shape index (κ1) is 27.2. The number of pyridine rings is 1. The molecular formula is C24H28ClN5O5S. The van der Waals surface area contributed by atoms with Crippen molar-refractivity contribution in [1.29, 1.82) is 0 Å². The van der Waals surface area contributed by atoms with Gasteiger partial charge in [-0.05, 0) is 50.6 Å². The minimum absolute atomic E-state index is 0.0275. The zero-order chi connectivity index (χ0) is 26.4. The summed E-state index contributed by atoms with van der Waals surface area (Å²) in [6, 6.07) is 9.28. The Balaban J connectivity index is 1.78. The number of benzene rings is 1. The van der Waals surface area contributed by atoms with Crippen LogP contribution in [0.1, 0.15) is 26.3 Å². The van der Waals surface area contributed by atoms with Gasteiger partial charge in [-0.25, -0.2) is 18.2 Å². The van der Waals surface area contributed by atoms with E-state index in [9.17, 15) is 18.0 Å². The van der Waals surface area contributed by atoms with Crippen molar-refractivity contribution in [1.82, 2.24) is 15.6 Å². The second kappa shape index (κ2) is 11.1. The summed E-state index contributed by atoms with van der Waals surface area (Å²) in [7, 11) is -3.94. The van der Waals surface area contributed by atoms with Gasteiger partial charge in [0.15, 0.2) is 5.15 Å². The van der Waals surface area contributed by atoms with Gasteiger partial charge in [-0.15, -0.1) is 0 Å². The van der Waals surface area contributed by atoms with E-state index in [1.54, 1.807) is 57.3 Å². The molecule has 192 valence electrons. The van der Waals surface area contributed by atoms with Crippen molar-refractivity contribution < 1.29 is 22.7 Å². The highest BCUT2D eigenvalue weighted by molar-refractivity contribution is 7.92. The van der Waals surface area contributed by atoms with Gasteiger partial charge in [0, 0.05) is 25.5 Å². The molecule has 2 heterocycles. The topological polar surface area (TPSA) is 139 Å². The van der Waals surface area contributed by atoms with Crippen LogP contribution in [-0.2, 0) is 25.0 Å². The fraction of sp³-hybridized carbons (Fsp3) is 0.333. The van der Waals surface area contributed by atoms with Crippen LogP contribution in [0.5, 0.6) is 0 Å². The standard InChI is InChI=1S/C24H28ClN5O5S/c1-23(2,3)35-22(32)28-13-12-27-21(31)24(10-7-11-26-16-24)17-14-19(20(25)29-15-17)30-36(33,34)18-8-5-4-6-9-18/h4-11,14-15,30H,12-13,16H2,1-3H3,(H,27,31)(H,28,32). The van der Waals surface area contributed by atoms with E-state index in [1.165, 1.54) is 24.4 Å². The highest BCUT2D eigenvalue weighted by Gasteiger charge is 2.39. The van der Waals surface area contributed by atoms with Crippen LogP contribution in [0, 0.1) is 0 Å². The Labute approximate surface area is 215 Å². The number of dihydropyridines is 1. The number of sulfonamides is 1. The number of carbonyl (C=O) groups excluding carboxylic acids is 2. The quantitative estimate of drug-likeness (QED) is 0.352. The van der Waals surface area contributed by atoms with E-state index in [0.717, 1.165) is 0 Å². The number of rotatable bonds is 8. The third kappa shape index (κ3) is 6.82. The average Bonchev–Trinajstić information content (AvgIpc) is 2.83. The molecule has 3 rings (SSSR count). The molecule has 0 saturated heterocycles. The molecule has 1 aromatic carbocycles. The van der Waals surface area contributed by atoms with Crippen molar-refractivity contribution in [3.8, 4) is 0 Å². The summed E-state index contributed by atoms with van der Waals surface area (Å²) in [6.45, 7) is 5.60. The lowest BCUT2D eigenvalue weighted by Gasteiger charge is -2.30. The molecule has 1 atom stereocenters. The fourth-order valence-electron chi connectivity index (χ4n) is 3.36. The maximum Gasteiger partial charge on any atom is 0.407 e. The Hall–Kier alpha value is -3.44. The minimum Gasteiger partial charge on any atom is -0.444 e. The molecule has 2 aromatic rings. The minimum atomic E-state index is -3.94. The van der Waals surface area contributed by atoms with Crippen LogP contribution in [0.4, 0.5) is 10.5 Å². The average molecular weight is 534 g/mol. The summed E-state index contributed by atoms with van der Waals surface area (Å²) >= 11 is 6.19. The smallest absolute Gasteiger partial charge is 0.407 e. The number of nitrogens with one attached hydrogen (secondary N) is 3. The van der Waals surface area contributed by atoms with E-state index in [2.05, 4.69) is 25.3 Å². The summed E-state index contributed by atoms with van der Waals surface area (Å²) in [4.78, 5) is 33.5. The van der Waals surface area contributed by atoms with E-state index in [4.69, 9.17) is 16.3 Å². The predicted octanol–water partition coefficient (Wildman–Crippen LogP) is 3.06. The van der Waals surface area contributed by atoms with Crippen molar-refractivity contribution in [2.45, 2.75) is 36.7 Å². The molecule has 12 heteroatoms. The summed E-state index contributed by atoms with van der Waals surface area (Å²) < 4.78 is 33.2. The number of anilines is 1. The van der Waals surface area contributed by atoms with Crippen LogP contribution in [-0.4, -0.2) is 56.9 Å². The van der Waals surface area contributed by atoms with Crippen molar-refractivity contribution in [3.05, 3.63) is 65.5 Å². The molecular weight excluding hydrogens is 506 g/mol. The molecule has 3 N–H and O–H groups in total. The molecule has 1 aliphatic rings. The largest absolute Gasteiger partial charge is 0.444 e. The van der Waals surface area contributed by atoms with E-state index < -0.39 is 33.0 Å². The van der Waals surface area contributed by atoms with Crippen LogP contribution in [0.3, 0.4) is 0 Å². The van der Waals surface area contributed by atoms with Gasteiger partial charge < -0.3 is 15.4 Å². The molecule has 0 bridgehead atoms. The zero-order valence-corrected chi connectivity index (χ0v) is 21.7. The third-order valence-corrected chi connectivity index (χ3v) is 6.73. The second-order valence-electron chi connectivity index (χ2n) is 8.99. The number of halogens is 1. The van der Waals surface area contributed by atoms with E-state index in [1.807, 2.05) is 0 Å². The van der Waals surface area contributed by atoms with Crippen molar-refractivity contribution in [2.75, 3.05) is 24.4 Å². The van der Waals surface area contributed by atoms with E-state index in [0.29, 0.717) is 5.56 Å². The first-order valence-electron chi connectivity index (χ1n) is 11.1. The van der Waals surface area contributed by atoms with E-state index in [-0.39, 0.29) is 35.4 Å². The number of amides is 2. The molecule has 36 heavy (non-hydrogen) atoms. The molecule has 0 fully saturated rings. The van der Waals surface area contributed by atoms with Crippen LogP contribution < -0.4 is 15.4 Å². The summed E-state index contributed by atoms with van der Waals surface area (Å²) in [5.74, 6) is -0.400. The third-order valence-electron chi connectivity index (χ3n) is 5.05. The molecule has 2 amide bonds. The lowest BCUT2D eigenvalue weighted by molar-refractivity contribution is -0.124. The Bertz CT molecular complexity index is 1280. The molecule has 1 aliphatic heterocycles. The van der Waals surface area contributed by atoms with Crippen LogP contribution in [0.25, 0.3) is 0 Å². The maximum absolute atomic E-state index is 13.3. The van der Waals surface area contributed by atoms with E-state index >= 15 is 0 Å². The number of ether oxygens (including phenoxy) is 1. The summed E-state index contributed by atoms with van der Waals surface area (Å²) in [5.41, 5.74) is -1.47. The summed E-state index contributed by atoms with van der Waals surface area (Å²) in [5, 5.41) is 5.29. The van der Waals surface area contributed by atoms with Gasteiger partial charge in [0.2, 0.25) is 5.91 Å². The van der Waals surface area contributed by atoms with Crippen molar-refractivity contribution >= 4 is 45.5 Å². The highest BCUT2D eigenvalue weighted by atomic mass is 35.5. The van der Waals surface area contributed by atoms with Crippen LogP contribution in [0.2, 0.25) is 5.15 Å². The highest BCUT2D eigenvalue weighted by Crippen LogP contribution is 2.33. The summed E-state index contributed by atoms with van der Waals surface area (Å²) in [6.07, 6.45) is 5.68. The second-order valence-corrected chi connectivity index (χ2v) is 11.0. The zero-order valence-electron chi connectivity index (χ0n) is 20.1. The first-order chi connectivity index (χ1) is 16.9. The van der Waals surface area contributed by atoms with Gasteiger partial charge in [-0.3, -0.25) is 14.5 Å². The maximum atomic E-state index is 13.3. The van der Waals surface area contributed by atoms with Crippen molar-refractivity contribution in [3.63, 3.8) is 0 Å². The predicted molar refractivity (Wildman–Crippen MR) is 138 cm³/mol. The molecule has 1 aromatic heterocycles. The SMILES string of the molecule is CC(C)(C)OC(=O)NCCNC(=O)C1(c2cnc(Cl)c(NS(=O)(=O)c3ccccc3)c2)C=CC=NC1.